The topological polar surface area (TPSA) is 59.6 Å². The molecule has 2 atom stereocenters. The van der Waals surface area contributed by atoms with Crippen LogP contribution in [0.5, 0.6) is 5.75 Å². The van der Waals surface area contributed by atoms with Gasteiger partial charge in [-0.05, 0) is 37.4 Å². The molecule has 0 aromatic heterocycles. The number of rotatable bonds is 6. The van der Waals surface area contributed by atoms with Crippen LogP contribution in [-0.2, 0) is 9.53 Å². The van der Waals surface area contributed by atoms with Gasteiger partial charge in [-0.3, -0.25) is 4.79 Å². The van der Waals surface area contributed by atoms with Gasteiger partial charge in [0.2, 0.25) is 5.91 Å². The molecule has 2 aliphatic rings. The molecule has 0 unspecified atom stereocenters. The average Bonchev–Trinajstić information content (AvgIpc) is 3.02. The van der Waals surface area contributed by atoms with Crippen molar-refractivity contribution in [1.82, 2.24) is 5.32 Å². The van der Waals surface area contributed by atoms with E-state index in [0.29, 0.717) is 24.8 Å². The quantitative estimate of drug-likeness (QED) is 0.754. The van der Waals surface area contributed by atoms with Crippen molar-refractivity contribution in [1.29, 1.82) is 0 Å². The minimum atomic E-state index is -0.480. The van der Waals surface area contributed by atoms with Gasteiger partial charge in [-0.1, -0.05) is 12.8 Å². The fourth-order valence-electron chi connectivity index (χ4n) is 3.88. The first-order valence-electron chi connectivity index (χ1n) is 8.59. The molecular weight excluding hydrogens is 347 g/mol. The normalized spacial score (nSPS) is 25.0. The minimum absolute atomic E-state index is 0. The van der Waals surface area contributed by atoms with Crippen molar-refractivity contribution in [2.45, 2.75) is 25.7 Å². The Kier molecular flexibility index (Phi) is 7.04. The first kappa shape index (κ1) is 19.9. The van der Waals surface area contributed by atoms with Crippen LogP contribution in [0.15, 0.2) is 18.2 Å². The van der Waals surface area contributed by atoms with Crippen molar-refractivity contribution in [3.05, 3.63) is 24.0 Å². The minimum Gasteiger partial charge on any atom is -0.488 e. The van der Waals surface area contributed by atoms with E-state index < -0.39 is 5.82 Å². The van der Waals surface area contributed by atoms with Gasteiger partial charge in [0.05, 0.1) is 12.0 Å². The Morgan fingerprint density at radius 2 is 2.24 bits per heavy atom. The number of fused-ring (bicyclic) bond motifs is 1. The van der Waals surface area contributed by atoms with Gasteiger partial charge >= 0.3 is 0 Å². The third-order valence-corrected chi connectivity index (χ3v) is 5.23. The first-order valence-corrected chi connectivity index (χ1v) is 8.59. The maximum Gasteiger partial charge on any atom is 0.232 e. The number of halogens is 2. The van der Waals surface area contributed by atoms with E-state index in [2.05, 4.69) is 10.6 Å². The van der Waals surface area contributed by atoms with Gasteiger partial charge in [0, 0.05) is 25.4 Å². The Balaban J connectivity index is 0.00000225. The molecule has 1 saturated carbocycles. The third kappa shape index (κ3) is 4.25. The van der Waals surface area contributed by atoms with Gasteiger partial charge in [0.15, 0.2) is 11.6 Å². The molecule has 5 nitrogen and oxygen atoms in total. The number of ether oxygens (including phenoxy) is 2. The van der Waals surface area contributed by atoms with Crippen molar-refractivity contribution in [2.75, 3.05) is 38.7 Å². The first-order chi connectivity index (χ1) is 11.7. The second-order valence-electron chi connectivity index (χ2n) is 6.67. The number of anilines is 1. The van der Waals surface area contributed by atoms with E-state index in [1.165, 1.54) is 12.5 Å². The average molecular weight is 373 g/mol. The van der Waals surface area contributed by atoms with Crippen LogP contribution in [0, 0.1) is 17.2 Å². The van der Waals surface area contributed by atoms with E-state index in [-0.39, 0.29) is 36.1 Å². The van der Waals surface area contributed by atoms with Crippen molar-refractivity contribution in [3.63, 3.8) is 0 Å². The summed E-state index contributed by atoms with van der Waals surface area (Å²) in [5, 5.41) is 6.26. The van der Waals surface area contributed by atoms with Gasteiger partial charge in [0.1, 0.15) is 6.61 Å². The number of carbonyl (C=O) groups is 1. The van der Waals surface area contributed by atoms with Gasteiger partial charge in [-0.2, -0.15) is 0 Å². The molecule has 1 aromatic rings. The molecule has 140 valence electrons. The zero-order valence-corrected chi connectivity index (χ0v) is 15.3. The summed E-state index contributed by atoms with van der Waals surface area (Å²) >= 11 is 0. The summed E-state index contributed by atoms with van der Waals surface area (Å²) in [5.74, 6) is 0.0739. The molecule has 7 heteroatoms. The lowest BCUT2D eigenvalue weighted by molar-refractivity contribution is -0.128. The van der Waals surface area contributed by atoms with Crippen LogP contribution in [0.3, 0.4) is 0 Å². The SMILES string of the molecule is COCCOc1ccc(NC(=O)[C@@]23CCCC[C@H]2CNC3)cc1F.Cl. The van der Waals surface area contributed by atoms with Crippen LogP contribution < -0.4 is 15.4 Å². The van der Waals surface area contributed by atoms with E-state index in [0.717, 1.165) is 25.8 Å². The number of benzene rings is 1. The second kappa shape index (κ2) is 8.83. The standard InChI is InChI=1S/C18H25FN2O3.ClH/c1-23-8-9-24-16-6-5-14(10-15(16)19)21-17(22)18-7-3-2-4-13(18)11-20-12-18;/h5-6,10,13,20H,2-4,7-9,11-12H2,1H3,(H,21,22);1H/t13-,18+;/m0./s1. The molecule has 1 aliphatic heterocycles. The Labute approximate surface area is 154 Å². The molecule has 25 heavy (non-hydrogen) atoms. The summed E-state index contributed by atoms with van der Waals surface area (Å²) in [6, 6.07) is 4.54. The molecule has 3 rings (SSSR count). The molecule has 1 aromatic carbocycles. The Morgan fingerprint density at radius 3 is 3.00 bits per heavy atom. The van der Waals surface area contributed by atoms with Crippen LogP contribution >= 0.6 is 12.4 Å². The summed E-state index contributed by atoms with van der Waals surface area (Å²) in [6.07, 6.45) is 4.24. The number of amides is 1. The fourth-order valence-corrected chi connectivity index (χ4v) is 3.88. The van der Waals surface area contributed by atoms with Gasteiger partial charge < -0.3 is 20.1 Å². The lowest BCUT2D eigenvalue weighted by Gasteiger charge is -2.37. The Bertz CT molecular complexity index is 602. The van der Waals surface area contributed by atoms with Crippen LogP contribution in [0.2, 0.25) is 0 Å². The van der Waals surface area contributed by atoms with Crippen LogP contribution in [0.4, 0.5) is 10.1 Å². The zero-order chi connectivity index (χ0) is 17.0. The number of methoxy groups -OCH3 is 1. The predicted molar refractivity (Wildman–Crippen MR) is 96.9 cm³/mol. The maximum absolute atomic E-state index is 14.1. The number of hydrogen-bond donors (Lipinski definition) is 2. The molecule has 0 spiro atoms. The summed E-state index contributed by atoms with van der Waals surface area (Å²) in [6.45, 7) is 2.29. The Hall–Kier alpha value is -1.37. The summed E-state index contributed by atoms with van der Waals surface area (Å²) in [7, 11) is 1.56. The van der Waals surface area contributed by atoms with E-state index >= 15 is 0 Å². The number of hydrogen-bond acceptors (Lipinski definition) is 4. The smallest absolute Gasteiger partial charge is 0.232 e. The number of carbonyl (C=O) groups excluding carboxylic acids is 1. The molecule has 1 amide bonds. The van der Waals surface area contributed by atoms with Crippen LogP contribution in [-0.4, -0.2) is 39.3 Å². The van der Waals surface area contributed by atoms with E-state index in [9.17, 15) is 9.18 Å². The monoisotopic (exact) mass is 372 g/mol. The lowest BCUT2D eigenvalue weighted by atomic mass is 9.67. The largest absolute Gasteiger partial charge is 0.488 e. The predicted octanol–water partition coefficient (Wildman–Crippen LogP) is 2.99. The van der Waals surface area contributed by atoms with Crippen LogP contribution in [0.25, 0.3) is 0 Å². The molecule has 1 saturated heterocycles. The van der Waals surface area contributed by atoms with Gasteiger partial charge in [0.25, 0.3) is 0 Å². The molecule has 0 radical (unpaired) electrons. The number of nitrogens with one attached hydrogen (secondary N) is 2. The zero-order valence-electron chi connectivity index (χ0n) is 14.5. The van der Waals surface area contributed by atoms with Crippen molar-refractivity contribution in [2.24, 2.45) is 11.3 Å². The highest BCUT2D eigenvalue weighted by atomic mass is 35.5. The molecule has 1 heterocycles. The molecular formula is C18H26ClFN2O3. The highest BCUT2D eigenvalue weighted by molar-refractivity contribution is 5.96. The highest BCUT2D eigenvalue weighted by Crippen LogP contribution is 2.44. The van der Waals surface area contributed by atoms with Crippen molar-refractivity contribution < 1.29 is 18.7 Å². The molecule has 2 fully saturated rings. The van der Waals surface area contributed by atoms with Crippen molar-refractivity contribution in [3.8, 4) is 5.75 Å². The summed E-state index contributed by atoms with van der Waals surface area (Å²) in [5.41, 5.74) is 0.129. The summed E-state index contributed by atoms with van der Waals surface area (Å²) in [4.78, 5) is 12.9. The van der Waals surface area contributed by atoms with E-state index in [1.54, 1.807) is 19.2 Å². The fraction of sp³-hybridized carbons (Fsp3) is 0.611. The van der Waals surface area contributed by atoms with Gasteiger partial charge in [-0.25, -0.2) is 4.39 Å². The third-order valence-electron chi connectivity index (χ3n) is 5.23. The van der Waals surface area contributed by atoms with E-state index in [4.69, 9.17) is 9.47 Å². The molecule has 0 bridgehead atoms. The molecule has 1 aliphatic carbocycles. The second-order valence-corrected chi connectivity index (χ2v) is 6.67. The van der Waals surface area contributed by atoms with Gasteiger partial charge in [-0.15, -0.1) is 12.4 Å². The summed E-state index contributed by atoms with van der Waals surface area (Å²) < 4.78 is 24.3. The van der Waals surface area contributed by atoms with E-state index in [1.807, 2.05) is 0 Å². The molecule has 2 N–H and O–H groups in total. The van der Waals surface area contributed by atoms with Crippen molar-refractivity contribution >= 4 is 24.0 Å². The van der Waals surface area contributed by atoms with Crippen LogP contribution in [0.1, 0.15) is 25.7 Å². The lowest BCUT2D eigenvalue weighted by Crippen LogP contribution is -2.44. The highest BCUT2D eigenvalue weighted by Gasteiger charge is 2.49. The Morgan fingerprint density at radius 1 is 1.40 bits per heavy atom. The maximum atomic E-state index is 14.1.